The van der Waals surface area contributed by atoms with E-state index in [4.69, 9.17) is 63.8 Å². The van der Waals surface area contributed by atoms with Crippen LogP contribution in [0.1, 0.15) is 13.7 Å². The largest absolute Gasteiger partial charge is 0.569 e. The highest BCUT2D eigenvalue weighted by atomic mass is 35.5. The summed E-state index contributed by atoms with van der Waals surface area (Å²) in [6.07, 6.45) is 0. The molecule has 10 nitrogen and oxygen atoms in total. The number of furan rings is 2. The summed E-state index contributed by atoms with van der Waals surface area (Å²) < 4.78 is 104. The van der Waals surface area contributed by atoms with Crippen molar-refractivity contribution in [1.82, 2.24) is 29.9 Å². The van der Waals surface area contributed by atoms with Gasteiger partial charge in [0, 0.05) is 116 Å². The Hall–Kier alpha value is -13.3. The van der Waals surface area contributed by atoms with E-state index in [2.05, 4.69) is 154 Å². The van der Waals surface area contributed by atoms with Crippen LogP contribution in [0.5, 0.6) is 5.75 Å². The van der Waals surface area contributed by atoms with Crippen molar-refractivity contribution in [2.24, 2.45) is 0 Å². The maximum atomic E-state index is 8.90. The van der Waals surface area contributed by atoms with Gasteiger partial charge in [0.1, 0.15) is 22.5 Å². The highest BCUT2D eigenvalue weighted by molar-refractivity contribution is 7.27. The molecule has 8 heterocycles. The van der Waals surface area contributed by atoms with Crippen molar-refractivity contribution in [3.63, 3.8) is 0 Å². The number of rotatable bonds is 13. The Balaban J connectivity index is 0.000000131. The predicted octanol–water partition coefficient (Wildman–Crippen LogP) is 28.0. The SMILES string of the molecule is O[B]Oc1cccc2c1oc1c(-c3ccccc3)cccc12.[2H]c1c([2H])c([2H])c(-c2ccc(-c3nc(-c4cccc5c4oc4c(-c6ccccc6)cccc45)nc(-c4cccc5c4sc4cccc(-c6cccs6)c45)n3)cc2)c([2H])c1[2H].[2H]c1c([2H])c([2H])c(-c2ccc(-c3nc(Cl)nc(-c4cccc5c4sc4cccc(-c6cccs6)c45)n3)cc2)c([2H])c1[2H]. The van der Waals surface area contributed by atoms with Crippen molar-refractivity contribution in [3.05, 3.63) is 356 Å². The van der Waals surface area contributed by atoms with E-state index in [0.29, 0.717) is 81.5 Å². The molecule has 0 saturated heterocycles. The van der Waals surface area contributed by atoms with Crippen LogP contribution in [0.2, 0.25) is 5.28 Å². The second-order valence-electron chi connectivity index (χ2n) is 26.4. The van der Waals surface area contributed by atoms with Crippen LogP contribution in [0, 0.1) is 0 Å². The average Bonchev–Trinajstić information content (AvgIpc) is 1.57. The molecular formula is C98H59BClN6O4S4. The minimum atomic E-state index is -0.428. The van der Waals surface area contributed by atoms with E-state index in [1.165, 1.54) is 41.1 Å². The zero-order valence-corrected chi connectivity index (χ0v) is 63.7. The molecule has 22 rings (SSSR count). The quantitative estimate of drug-likeness (QED) is 0.111. The van der Waals surface area contributed by atoms with Crippen LogP contribution in [0.25, 0.3) is 207 Å². The fraction of sp³-hybridized carbons (Fsp3) is 0. The Labute approximate surface area is 689 Å². The van der Waals surface area contributed by atoms with E-state index < -0.39 is 12.1 Å². The van der Waals surface area contributed by atoms with Crippen LogP contribution in [0.15, 0.2) is 359 Å². The molecule has 1 radical (unpaired) electrons. The molecule has 539 valence electrons. The topological polar surface area (TPSA) is 133 Å². The highest BCUT2D eigenvalue weighted by Gasteiger charge is 2.24. The Morgan fingerprint density at radius 1 is 0.307 bits per heavy atom. The zero-order valence-electron chi connectivity index (χ0n) is 69.7. The van der Waals surface area contributed by atoms with E-state index in [9.17, 15) is 0 Å². The Kier molecular flexibility index (Phi) is 15.9. The number of hydrogen-bond donors (Lipinski definition) is 1. The van der Waals surface area contributed by atoms with Gasteiger partial charge < -0.3 is 18.5 Å². The van der Waals surface area contributed by atoms with Gasteiger partial charge >= 0.3 is 7.69 Å². The molecule has 0 fully saturated rings. The molecule has 0 amide bonds. The number of thiophene rings is 4. The fourth-order valence-electron chi connectivity index (χ4n) is 14.7. The smallest absolute Gasteiger partial charge is 0.535 e. The molecule has 16 heteroatoms. The third-order valence-corrected chi connectivity index (χ3v) is 24.2. The molecule has 0 atom stereocenters. The number of hydrogen-bond acceptors (Lipinski definition) is 14. The van der Waals surface area contributed by atoms with Crippen LogP contribution in [0.4, 0.5) is 0 Å². The van der Waals surface area contributed by atoms with Gasteiger partial charge in [-0.05, 0) is 104 Å². The van der Waals surface area contributed by atoms with E-state index in [0.717, 1.165) is 86.3 Å². The summed E-state index contributed by atoms with van der Waals surface area (Å²) in [5, 5.41) is 21.7. The van der Waals surface area contributed by atoms with E-state index in [-0.39, 0.29) is 64.7 Å². The van der Waals surface area contributed by atoms with Gasteiger partial charge in [-0.15, -0.1) is 45.3 Å². The van der Waals surface area contributed by atoms with Gasteiger partial charge in [-0.25, -0.2) is 19.9 Å². The maximum Gasteiger partial charge on any atom is 0.569 e. The van der Waals surface area contributed by atoms with Crippen LogP contribution < -0.4 is 4.65 Å². The molecule has 1 N–H and O–H groups in total. The van der Waals surface area contributed by atoms with E-state index >= 15 is 0 Å². The third kappa shape index (κ3) is 13.1. The molecule has 114 heavy (non-hydrogen) atoms. The van der Waals surface area contributed by atoms with Crippen LogP contribution >= 0.6 is 56.9 Å². The van der Waals surface area contributed by atoms with Crippen molar-refractivity contribution < 1.29 is 32.2 Å². The lowest BCUT2D eigenvalue weighted by Crippen LogP contribution is -2.00. The van der Waals surface area contributed by atoms with Crippen LogP contribution in [-0.4, -0.2) is 42.6 Å². The summed E-state index contributed by atoms with van der Waals surface area (Å²) >= 11 is 13.3. The minimum absolute atomic E-state index is 0.0575. The molecule has 0 spiro atoms. The minimum Gasteiger partial charge on any atom is -0.535 e. The lowest BCUT2D eigenvalue weighted by atomic mass is 10.0. The summed E-state index contributed by atoms with van der Waals surface area (Å²) in [5.74, 6) is 2.67. The van der Waals surface area contributed by atoms with E-state index in [1.807, 2.05) is 103 Å². The first-order valence-electron chi connectivity index (χ1n) is 41.2. The lowest BCUT2D eigenvalue weighted by Gasteiger charge is -2.10. The Morgan fingerprint density at radius 3 is 1.15 bits per heavy atom. The Bertz CT molecular complexity index is 7930. The normalized spacial score (nSPS) is 12.6. The maximum absolute atomic E-state index is 8.90. The second-order valence-corrected chi connectivity index (χ2v) is 30.8. The predicted molar refractivity (Wildman–Crippen MR) is 476 cm³/mol. The van der Waals surface area contributed by atoms with Gasteiger partial charge in [-0.1, -0.05) is 291 Å². The van der Waals surface area contributed by atoms with Crippen LogP contribution in [0.3, 0.4) is 0 Å². The average molecular weight is 1570 g/mol. The molecule has 14 aromatic carbocycles. The monoisotopic (exact) mass is 1570 g/mol. The first kappa shape index (κ1) is 59.5. The molecular weight excluding hydrogens is 1500 g/mol. The van der Waals surface area contributed by atoms with Crippen molar-refractivity contribution in [2.45, 2.75) is 0 Å². The number of halogens is 1. The standard InChI is InChI=1S/C49H29N3OS2.C31H18ClN3S2.C18H12BO3/c1-3-12-30(13-4-1)31-25-27-33(28-26-31)47-50-48(39-21-8-18-36-35-17-7-16-34(44(35)53-45(36)39)32-14-5-2-6-15-32)52-49(51-47)40-22-9-20-38-43-37(41-24-11-29-54-41)19-10-23-42(43)55-46(38)40;32-31-34-29(21-16-14-20(15-17-21)19-7-2-1-3-8-19)33-30(35-31)24-11-4-10-23-27-22(25-13-6-18-36-25)9-5-12-26(27)37-28(23)24;20-19-22-16-11-5-10-15-14-9-4-8-13(17(14)21-18(15)16)12-6-2-1-3-7-12/h1-29H;1-18H;1-11,20H/i1D,3D,4D,12D,13D;1D,2D,3D,7D,8D;. The first-order chi connectivity index (χ1) is 60.5. The molecule has 0 aliphatic carbocycles. The summed E-state index contributed by atoms with van der Waals surface area (Å²) in [7, 11) is 0.667. The second kappa shape index (κ2) is 30.4. The summed E-state index contributed by atoms with van der Waals surface area (Å²) in [4.78, 5) is 31.5. The molecule has 0 unspecified atom stereocenters. The lowest BCUT2D eigenvalue weighted by molar-refractivity contribution is 0.451. The van der Waals surface area contributed by atoms with Gasteiger partial charge in [0.05, 0.1) is 19.3 Å². The summed E-state index contributed by atoms with van der Waals surface area (Å²) in [5.41, 5.74) is 14.5. The molecule has 0 aliphatic rings. The molecule has 0 bridgehead atoms. The van der Waals surface area contributed by atoms with Crippen molar-refractivity contribution in [1.29, 1.82) is 0 Å². The van der Waals surface area contributed by atoms with Gasteiger partial charge in [-0.2, -0.15) is 9.97 Å². The summed E-state index contributed by atoms with van der Waals surface area (Å²) in [6, 6.07) is 88.5. The van der Waals surface area contributed by atoms with Gasteiger partial charge in [0.15, 0.2) is 34.7 Å². The van der Waals surface area contributed by atoms with Gasteiger partial charge in [-0.3, -0.25) is 0 Å². The number of fused-ring (bicyclic) bond motifs is 12. The van der Waals surface area contributed by atoms with Gasteiger partial charge in [0.25, 0.3) is 0 Å². The zero-order chi connectivity index (χ0) is 84.7. The first-order valence-corrected chi connectivity index (χ1v) is 39.9. The van der Waals surface area contributed by atoms with Crippen molar-refractivity contribution in [2.75, 3.05) is 0 Å². The van der Waals surface area contributed by atoms with Gasteiger partial charge in [0.2, 0.25) is 5.28 Å². The third-order valence-electron chi connectivity index (χ3n) is 19.8. The molecule has 0 aliphatic heterocycles. The fourth-order valence-corrected chi connectivity index (χ4v) is 18.8. The highest BCUT2D eigenvalue weighted by Crippen LogP contribution is 2.48. The summed E-state index contributed by atoms with van der Waals surface area (Å²) in [6.45, 7) is 0. The van der Waals surface area contributed by atoms with Crippen molar-refractivity contribution in [3.8, 4) is 128 Å². The molecule has 8 aromatic heterocycles. The van der Waals surface area contributed by atoms with Crippen molar-refractivity contribution >= 4 is 149 Å². The number of benzene rings is 14. The number of para-hydroxylation sites is 4. The van der Waals surface area contributed by atoms with Crippen LogP contribution in [-0.2, 0) is 0 Å². The number of nitrogens with zero attached hydrogens (tertiary/aromatic N) is 6. The molecule has 0 saturated carbocycles. The molecule has 22 aromatic rings. The number of aromatic nitrogens is 6. The van der Waals surface area contributed by atoms with E-state index in [1.54, 1.807) is 87.8 Å². The Morgan fingerprint density at radius 2 is 0.675 bits per heavy atom.